The van der Waals surface area contributed by atoms with Crippen LogP contribution in [0.3, 0.4) is 0 Å². The third-order valence-corrected chi connectivity index (χ3v) is 3.02. The summed E-state index contributed by atoms with van der Waals surface area (Å²) in [5.41, 5.74) is 2.24. The SMILES string of the molecule is CCn1cncc1CNc1ccc(OCCOC)cc1. The lowest BCUT2D eigenvalue weighted by Gasteiger charge is -2.10. The van der Waals surface area contributed by atoms with Gasteiger partial charge in [0.05, 0.1) is 25.2 Å². The molecule has 0 saturated carbocycles. The van der Waals surface area contributed by atoms with E-state index in [9.17, 15) is 0 Å². The van der Waals surface area contributed by atoms with Gasteiger partial charge in [-0.15, -0.1) is 0 Å². The lowest BCUT2D eigenvalue weighted by atomic mass is 10.3. The standard InChI is InChI=1S/C15H21N3O2/c1-3-18-12-16-10-14(18)11-17-13-4-6-15(7-5-13)20-9-8-19-2/h4-7,10,12,17H,3,8-9,11H2,1-2H3. The first-order chi connectivity index (χ1) is 9.83. The maximum Gasteiger partial charge on any atom is 0.119 e. The minimum atomic E-state index is 0.568. The van der Waals surface area contributed by atoms with Crippen LogP contribution >= 0.6 is 0 Å². The van der Waals surface area contributed by atoms with Crippen LogP contribution in [0.1, 0.15) is 12.6 Å². The van der Waals surface area contributed by atoms with Gasteiger partial charge in [-0.25, -0.2) is 4.98 Å². The zero-order valence-corrected chi connectivity index (χ0v) is 12.0. The Hall–Kier alpha value is -2.01. The summed E-state index contributed by atoms with van der Waals surface area (Å²) in [6, 6.07) is 7.92. The van der Waals surface area contributed by atoms with Crippen LogP contribution < -0.4 is 10.1 Å². The molecular formula is C15H21N3O2. The first-order valence-corrected chi connectivity index (χ1v) is 6.78. The van der Waals surface area contributed by atoms with Crippen molar-refractivity contribution in [2.45, 2.75) is 20.0 Å². The summed E-state index contributed by atoms with van der Waals surface area (Å²) in [4.78, 5) is 4.15. The molecule has 2 aromatic rings. The fourth-order valence-electron chi connectivity index (χ4n) is 1.88. The summed E-state index contributed by atoms with van der Waals surface area (Å²) in [7, 11) is 1.66. The molecule has 1 heterocycles. The van der Waals surface area contributed by atoms with Gasteiger partial charge in [0.1, 0.15) is 12.4 Å². The number of anilines is 1. The molecule has 0 aliphatic carbocycles. The van der Waals surface area contributed by atoms with Gasteiger partial charge in [0.25, 0.3) is 0 Å². The topological polar surface area (TPSA) is 48.3 Å². The van der Waals surface area contributed by atoms with E-state index in [1.54, 1.807) is 7.11 Å². The fraction of sp³-hybridized carbons (Fsp3) is 0.400. The van der Waals surface area contributed by atoms with Crippen LogP contribution in [-0.2, 0) is 17.8 Å². The van der Waals surface area contributed by atoms with Crippen molar-refractivity contribution in [3.05, 3.63) is 42.5 Å². The summed E-state index contributed by atoms with van der Waals surface area (Å²) in [6.45, 7) is 4.97. The molecule has 1 aromatic carbocycles. The van der Waals surface area contributed by atoms with E-state index >= 15 is 0 Å². The molecule has 0 atom stereocenters. The fourth-order valence-corrected chi connectivity index (χ4v) is 1.88. The zero-order chi connectivity index (χ0) is 14.2. The van der Waals surface area contributed by atoms with E-state index in [1.165, 1.54) is 5.69 Å². The van der Waals surface area contributed by atoms with Crippen molar-refractivity contribution in [1.29, 1.82) is 0 Å². The van der Waals surface area contributed by atoms with E-state index in [0.717, 1.165) is 24.5 Å². The molecule has 0 amide bonds. The van der Waals surface area contributed by atoms with Gasteiger partial charge in [0.15, 0.2) is 0 Å². The van der Waals surface area contributed by atoms with Gasteiger partial charge < -0.3 is 19.4 Å². The first-order valence-electron chi connectivity index (χ1n) is 6.78. The van der Waals surface area contributed by atoms with Crippen LogP contribution in [0.5, 0.6) is 5.75 Å². The van der Waals surface area contributed by atoms with Crippen molar-refractivity contribution in [2.75, 3.05) is 25.6 Å². The Morgan fingerprint density at radius 2 is 2.00 bits per heavy atom. The Labute approximate surface area is 119 Å². The van der Waals surface area contributed by atoms with Crippen molar-refractivity contribution in [3.63, 3.8) is 0 Å². The van der Waals surface area contributed by atoms with Gasteiger partial charge in [-0.05, 0) is 31.2 Å². The lowest BCUT2D eigenvalue weighted by Crippen LogP contribution is -2.06. The normalized spacial score (nSPS) is 10.5. The molecule has 108 valence electrons. The number of hydrogen-bond donors (Lipinski definition) is 1. The van der Waals surface area contributed by atoms with Crippen molar-refractivity contribution in [2.24, 2.45) is 0 Å². The molecule has 1 N–H and O–H groups in total. The number of methoxy groups -OCH3 is 1. The number of benzene rings is 1. The second-order valence-corrected chi connectivity index (χ2v) is 4.39. The van der Waals surface area contributed by atoms with Crippen molar-refractivity contribution < 1.29 is 9.47 Å². The Bertz CT molecular complexity index is 508. The molecule has 0 aliphatic heterocycles. The molecular weight excluding hydrogens is 254 g/mol. The number of ether oxygens (including phenoxy) is 2. The van der Waals surface area contributed by atoms with Crippen LogP contribution in [0, 0.1) is 0 Å². The predicted octanol–water partition coefficient (Wildman–Crippen LogP) is 2.54. The Kier molecular flexibility index (Phi) is 5.43. The van der Waals surface area contributed by atoms with Gasteiger partial charge in [-0.1, -0.05) is 0 Å². The average Bonchev–Trinajstić information content (AvgIpc) is 2.94. The number of imidazole rings is 1. The number of aromatic nitrogens is 2. The number of aryl methyl sites for hydroxylation is 1. The summed E-state index contributed by atoms with van der Waals surface area (Å²) in [5, 5.41) is 3.38. The third-order valence-electron chi connectivity index (χ3n) is 3.02. The van der Waals surface area contributed by atoms with Crippen LogP contribution in [0.25, 0.3) is 0 Å². The first kappa shape index (κ1) is 14.4. The Balaban J connectivity index is 1.84. The van der Waals surface area contributed by atoms with E-state index in [4.69, 9.17) is 9.47 Å². The van der Waals surface area contributed by atoms with Gasteiger partial charge in [-0.3, -0.25) is 0 Å². The number of nitrogens with one attached hydrogen (secondary N) is 1. The molecule has 0 radical (unpaired) electrons. The monoisotopic (exact) mass is 275 g/mol. The van der Waals surface area contributed by atoms with E-state index in [0.29, 0.717) is 13.2 Å². The average molecular weight is 275 g/mol. The molecule has 0 bridgehead atoms. The number of rotatable bonds is 8. The molecule has 5 nitrogen and oxygen atoms in total. The highest BCUT2D eigenvalue weighted by Crippen LogP contribution is 2.16. The van der Waals surface area contributed by atoms with Crippen molar-refractivity contribution >= 4 is 5.69 Å². The molecule has 1 aromatic heterocycles. The predicted molar refractivity (Wildman–Crippen MR) is 79.0 cm³/mol. The van der Waals surface area contributed by atoms with E-state index in [2.05, 4.69) is 21.8 Å². The zero-order valence-electron chi connectivity index (χ0n) is 12.0. The third kappa shape index (κ3) is 3.99. The van der Waals surface area contributed by atoms with Gasteiger partial charge >= 0.3 is 0 Å². The van der Waals surface area contributed by atoms with Crippen LogP contribution in [-0.4, -0.2) is 29.9 Å². The highest BCUT2D eigenvalue weighted by Gasteiger charge is 2.00. The quantitative estimate of drug-likeness (QED) is 0.752. The summed E-state index contributed by atoms with van der Waals surface area (Å²) >= 11 is 0. The smallest absolute Gasteiger partial charge is 0.119 e. The van der Waals surface area contributed by atoms with E-state index < -0.39 is 0 Å². The van der Waals surface area contributed by atoms with Crippen molar-refractivity contribution in [1.82, 2.24) is 9.55 Å². The minimum absolute atomic E-state index is 0.568. The highest BCUT2D eigenvalue weighted by molar-refractivity contribution is 5.46. The number of nitrogens with zero attached hydrogens (tertiary/aromatic N) is 2. The van der Waals surface area contributed by atoms with Crippen molar-refractivity contribution in [3.8, 4) is 5.75 Å². The highest BCUT2D eigenvalue weighted by atomic mass is 16.5. The maximum absolute atomic E-state index is 5.52. The molecule has 20 heavy (non-hydrogen) atoms. The molecule has 0 fully saturated rings. The Morgan fingerprint density at radius 1 is 1.20 bits per heavy atom. The molecule has 0 spiro atoms. The molecule has 0 unspecified atom stereocenters. The second-order valence-electron chi connectivity index (χ2n) is 4.39. The van der Waals surface area contributed by atoms with E-state index in [-0.39, 0.29) is 0 Å². The van der Waals surface area contributed by atoms with Gasteiger partial charge in [0, 0.05) is 25.5 Å². The second kappa shape index (κ2) is 7.55. The Morgan fingerprint density at radius 3 is 2.70 bits per heavy atom. The number of hydrogen-bond acceptors (Lipinski definition) is 4. The summed E-state index contributed by atoms with van der Waals surface area (Å²) < 4.78 is 12.6. The van der Waals surface area contributed by atoms with Crippen LogP contribution in [0.4, 0.5) is 5.69 Å². The molecule has 5 heteroatoms. The summed E-state index contributed by atoms with van der Waals surface area (Å²) in [5.74, 6) is 0.853. The maximum atomic E-state index is 5.52. The molecule has 0 aliphatic rings. The largest absolute Gasteiger partial charge is 0.491 e. The van der Waals surface area contributed by atoms with E-state index in [1.807, 2.05) is 36.8 Å². The van der Waals surface area contributed by atoms with Crippen LogP contribution in [0.2, 0.25) is 0 Å². The lowest BCUT2D eigenvalue weighted by molar-refractivity contribution is 0.146. The van der Waals surface area contributed by atoms with Gasteiger partial charge in [-0.2, -0.15) is 0 Å². The minimum Gasteiger partial charge on any atom is -0.491 e. The van der Waals surface area contributed by atoms with Crippen LogP contribution in [0.15, 0.2) is 36.8 Å². The molecule has 0 saturated heterocycles. The molecule has 2 rings (SSSR count). The summed E-state index contributed by atoms with van der Waals surface area (Å²) in [6.07, 6.45) is 3.74. The van der Waals surface area contributed by atoms with Gasteiger partial charge in [0.2, 0.25) is 0 Å².